The molecule has 2 fully saturated rings. The second-order valence-electron chi connectivity index (χ2n) is 11.1. The Morgan fingerprint density at radius 1 is 0.707 bits per heavy atom. The third-order valence-corrected chi connectivity index (χ3v) is 8.40. The lowest BCUT2D eigenvalue weighted by atomic mass is 9.91. The van der Waals surface area contributed by atoms with Crippen LogP contribution in [-0.2, 0) is 28.9 Å². The Bertz CT molecular complexity index is 1180. The second-order valence-corrected chi connectivity index (χ2v) is 11.1. The SMILES string of the molecule is COc1ccc(CCOC2CCCCC2N2CC[C@@H](OCCc3ccc(OCc4ccccc4)cc3)C2)cc1OC. The Kier molecular flexibility index (Phi) is 10.9. The normalized spacial score (nSPS) is 21.1. The third-order valence-electron chi connectivity index (χ3n) is 8.40. The predicted molar refractivity (Wildman–Crippen MR) is 162 cm³/mol. The summed E-state index contributed by atoms with van der Waals surface area (Å²) in [6.07, 6.45) is 8.38. The highest BCUT2D eigenvalue weighted by atomic mass is 16.5. The summed E-state index contributed by atoms with van der Waals surface area (Å²) in [6.45, 7) is 4.16. The molecular formula is C35H45NO5. The minimum Gasteiger partial charge on any atom is -0.493 e. The zero-order chi connectivity index (χ0) is 28.3. The molecular weight excluding hydrogens is 514 g/mol. The Labute approximate surface area is 245 Å². The molecule has 5 rings (SSSR count). The van der Waals surface area contributed by atoms with Crippen LogP contribution in [0.3, 0.4) is 0 Å². The molecule has 3 aromatic carbocycles. The smallest absolute Gasteiger partial charge is 0.160 e. The Morgan fingerprint density at radius 3 is 2.24 bits per heavy atom. The molecule has 6 heteroatoms. The molecule has 1 saturated carbocycles. The van der Waals surface area contributed by atoms with E-state index in [-0.39, 0.29) is 0 Å². The first-order valence-corrected chi connectivity index (χ1v) is 15.2. The van der Waals surface area contributed by atoms with E-state index in [1.165, 1.54) is 36.0 Å². The molecule has 3 aromatic rings. The lowest BCUT2D eigenvalue weighted by Crippen LogP contribution is -2.46. The van der Waals surface area contributed by atoms with Gasteiger partial charge in [0, 0.05) is 19.1 Å². The van der Waals surface area contributed by atoms with Crippen molar-refractivity contribution in [3.05, 3.63) is 89.5 Å². The molecule has 1 aliphatic heterocycles. The fourth-order valence-electron chi connectivity index (χ4n) is 6.08. The van der Waals surface area contributed by atoms with E-state index in [1.807, 2.05) is 24.3 Å². The van der Waals surface area contributed by atoms with Crippen LogP contribution in [0.4, 0.5) is 0 Å². The summed E-state index contributed by atoms with van der Waals surface area (Å²) in [5.41, 5.74) is 3.66. The molecule has 0 amide bonds. The maximum atomic E-state index is 6.50. The summed E-state index contributed by atoms with van der Waals surface area (Å²) in [5.74, 6) is 2.43. The number of hydrogen-bond donors (Lipinski definition) is 0. The number of nitrogens with zero attached hydrogens (tertiary/aromatic N) is 1. The third kappa shape index (κ3) is 8.48. The minimum atomic E-state index is 0.297. The van der Waals surface area contributed by atoms with Gasteiger partial charge in [-0.25, -0.2) is 0 Å². The number of likely N-dealkylation sites (tertiary alicyclic amines) is 1. The monoisotopic (exact) mass is 559 g/mol. The summed E-state index contributed by atoms with van der Waals surface area (Å²) in [5, 5.41) is 0. The van der Waals surface area contributed by atoms with E-state index < -0.39 is 0 Å². The molecule has 0 aromatic heterocycles. The highest BCUT2D eigenvalue weighted by Gasteiger charge is 2.35. The molecule has 2 unspecified atom stereocenters. The standard InChI is InChI=1S/C35H45NO5/c1-37-34-17-14-28(24-35(34)38-2)20-23-40-33-11-7-6-10-32(33)36-21-18-31(25-36)39-22-19-27-12-15-30(16-13-27)41-26-29-8-4-3-5-9-29/h3-5,8-9,12-17,24,31-33H,6-7,10-11,18-23,25-26H2,1-2H3/t31-,32?,33?/m1/s1. The quantitative estimate of drug-likeness (QED) is 0.225. The maximum Gasteiger partial charge on any atom is 0.160 e. The lowest BCUT2D eigenvalue weighted by molar-refractivity contribution is -0.0343. The van der Waals surface area contributed by atoms with E-state index in [1.54, 1.807) is 14.2 Å². The van der Waals surface area contributed by atoms with Crippen LogP contribution in [-0.4, -0.2) is 63.7 Å². The van der Waals surface area contributed by atoms with Crippen LogP contribution in [0.15, 0.2) is 72.8 Å². The first-order valence-electron chi connectivity index (χ1n) is 15.2. The minimum absolute atomic E-state index is 0.297. The molecule has 0 spiro atoms. The van der Waals surface area contributed by atoms with Crippen LogP contribution >= 0.6 is 0 Å². The van der Waals surface area contributed by atoms with Crippen molar-refractivity contribution < 1.29 is 23.7 Å². The Balaban J connectivity index is 1.02. The largest absolute Gasteiger partial charge is 0.493 e. The van der Waals surface area contributed by atoms with Crippen molar-refractivity contribution in [2.24, 2.45) is 0 Å². The number of rotatable bonds is 14. The van der Waals surface area contributed by atoms with Crippen molar-refractivity contribution >= 4 is 0 Å². The lowest BCUT2D eigenvalue weighted by Gasteiger charge is -2.38. The van der Waals surface area contributed by atoms with Gasteiger partial charge < -0.3 is 23.7 Å². The van der Waals surface area contributed by atoms with E-state index in [2.05, 4.69) is 53.4 Å². The van der Waals surface area contributed by atoms with Crippen LogP contribution in [0.25, 0.3) is 0 Å². The molecule has 3 atom stereocenters. The summed E-state index contributed by atoms with van der Waals surface area (Å²) >= 11 is 0. The number of benzene rings is 3. The van der Waals surface area contributed by atoms with Gasteiger partial charge in [-0.15, -0.1) is 0 Å². The van der Waals surface area contributed by atoms with Gasteiger partial charge in [0.05, 0.1) is 39.6 Å². The van der Waals surface area contributed by atoms with Gasteiger partial charge in [-0.2, -0.15) is 0 Å². The van der Waals surface area contributed by atoms with Gasteiger partial charge in [-0.05, 0) is 73.1 Å². The molecule has 0 bridgehead atoms. The van der Waals surface area contributed by atoms with Gasteiger partial charge in [0.2, 0.25) is 0 Å². The fourth-order valence-corrected chi connectivity index (χ4v) is 6.08. The van der Waals surface area contributed by atoms with E-state index >= 15 is 0 Å². The zero-order valence-corrected chi connectivity index (χ0v) is 24.6. The van der Waals surface area contributed by atoms with Crippen molar-refractivity contribution in [2.45, 2.75) is 69.8 Å². The first kappa shape index (κ1) is 29.4. The van der Waals surface area contributed by atoms with Crippen LogP contribution in [0.2, 0.25) is 0 Å². The molecule has 6 nitrogen and oxygen atoms in total. The topological polar surface area (TPSA) is 49.4 Å². The Morgan fingerprint density at radius 2 is 1.44 bits per heavy atom. The van der Waals surface area contributed by atoms with E-state index in [0.717, 1.165) is 69.2 Å². The van der Waals surface area contributed by atoms with Gasteiger partial charge in [0.15, 0.2) is 11.5 Å². The van der Waals surface area contributed by atoms with Crippen LogP contribution in [0.5, 0.6) is 17.2 Å². The van der Waals surface area contributed by atoms with Crippen LogP contribution in [0.1, 0.15) is 48.8 Å². The first-order chi connectivity index (χ1) is 20.2. The summed E-state index contributed by atoms with van der Waals surface area (Å²) in [6, 6.07) is 25.3. The number of methoxy groups -OCH3 is 2. The van der Waals surface area contributed by atoms with Gasteiger partial charge in [-0.3, -0.25) is 4.90 Å². The molecule has 220 valence electrons. The highest BCUT2D eigenvalue weighted by Crippen LogP contribution is 2.30. The average molecular weight is 560 g/mol. The Hall–Kier alpha value is -3.06. The second kappa shape index (κ2) is 15.2. The number of hydrogen-bond acceptors (Lipinski definition) is 6. The van der Waals surface area contributed by atoms with Gasteiger partial charge >= 0.3 is 0 Å². The number of ether oxygens (including phenoxy) is 5. The zero-order valence-electron chi connectivity index (χ0n) is 24.6. The summed E-state index contributed by atoms with van der Waals surface area (Å²) in [4.78, 5) is 2.63. The van der Waals surface area contributed by atoms with Crippen molar-refractivity contribution in [1.29, 1.82) is 0 Å². The van der Waals surface area contributed by atoms with Gasteiger partial charge in [0.25, 0.3) is 0 Å². The summed E-state index contributed by atoms with van der Waals surface area (Å²) in [7, 11) is 3.35. The van der Waals surface area contributed by atoms with Crippen LogP contribution < -0.4 is 14.2 Å². The van der Waals surface area contributed by atoms with Crippen molar-refractivity contribution in [1.82, 2.24) is 4.90 Å². The van der Waals surface area contributed by atoms with E-state index in [4.69, 9.17) is 23.7 Å². The molecule has 0 N–H and O–H groups in total. The van der Waals surface area contributed by atoms with Gasteiger partial charge in [0.1, 0.15) is 12.4 Å². The molecule has 41 heavy (non-hydrogen) atoms. The van der Waals surface area contributed by atoms with Crippen molar-refractivity contribution in [3.8, 4) is 17.2 Å². The molecule has 1 saturated heterocycles. The molecule has 1 heterocycles. The maximum absolute atomic E-state index is 6.50. The molecule has 1 aliphatic carbocycles. The van der Waals surface area contributed by atoms with Gasteiger partial charge in [-0.1, -0.05) is 61.4 Å². The fraction of sp³-hybridized carbons (Fsp3) is 0.486. The predicted octanol–water partition coefficient (Wildman–Crippen LogP) is 6.49. The van der Waals surface area contributed by atoms with Crippen molar-refractivity contribution in [2.75, 3.05) is 40.5 Å². The molecule has 2 aliphatic rings. The molecule has 0 radical (unpaired) electrons. The van der Waals surface area contributed by atoms with E-state index in [0.29, 0.717) is 24.9 Å². The van der Waals surface area contributed by atoms with Crippen molar-refractivity contribution in [3.63, 3.8) is 0 Å². The van der Waals surface area contributed by atoms with Crippen LogP contribution in [0, 0.1) is 0 Å². The average Bonchev–Trinajstić information content (AvgIpc) is 3.50. The highest BCUT2D eigenvalue weighted by molar-refractivity contribution is 5.42. The van der Waals surface area contributed by atoms with E-state index in [9.17, 15) is 0 Å². The summed E-state index contributed by atoms with van der Waals surface area (Å²) < 4.78 is 29.6.